The zero-order chi connectivity index (χ0) is 16.1. The Labute approximate surface area is 146 Å². The van der Waals surface area contributed by atoms with Crippen LogP contribution in [0.5, 0.6) is 0 Å². The first kappa shape index (κ1) is 16.7. The number of hydrogen-bond donors (Lipinski definition) is 1. The molecule has 0 aromatic carbocycles. The molecule has 1 amide bonds. The van der Waals surface area contributed by atoms with Gasteiger partial charge in [-0.05, 0) is 54.6 Å². The number of nitrogens with one attached hydrogen (secondary N) is 1. The fourth-order valence-electron chi connectivity index (χ4n) is 3.00. The summed E-state index contributed by atoms with van der Waals surface area (Å²) in [5, 5.41) is 7.38. The van der Waals surface area contributed by atoms with Crippen molar-refractivity contribution in [2.75, 3.05) is 13.1 Å². The fourth-order valence-corrected chi connectivity index (χ4v) is 4.64. The molecule has 2 aromatic rings. The van der Waals surface area contributed by atoms with Crippen molar-refractivity contribution in [2.24, 2.45) is 0 Å². The van der Waals surface area contributed by atoms with Gasteiger partial charge in [-0.15, -0.1) is 22.7 Å². The van der Waals surface area contributed by atoms with Gasteiger partial charge in [-0.1, -0.05) is 6.07 Å². The minimum Gasteiger partial charge on any atom is -0.355 e. The number of carbonyl (C=O) groups excluding carboxylic acids is 1. The second-order valence-corrected chi connectivity index (χ2v) is 8.21. The van der Waals surface area contributed by atoms with Crippen LogP contribution < -0.4 is 5.32 Å². The van der Waals surface area contributed by atoms with Crippen LogP contribution in [0.1, 0.15) is 35.1 Å². The smallest absolute Gasteiger partial charge is 0.220 e. The Hall–Kier alpha value is -1.17. The summed E-state index contributed by atoms with van der Waals surface area (Å²) < 4.78 is 0. The molecule has 1 aliphatic heterocycles. The third-order valence-corrected chi connectivity index (χ3v) is 6.42. The molecular weight excluding hydrogens is 324 g/mol. The van der Waals surface area contributed by atoms with Crippen LogP contribution in [0.2, 0.25) is 0 Å². The molecule has 23 heavy (non-hydrogen) atoms. The van der Waals surface area contributed by atoms with Gasteiger partial charge in [0.2, 0.25) is 5.91 Å². The second-order valence-electron chi connectivity index (χ2n) is 6.18. The topological polar surface area (TPSA) is 32.3 Å². The molecule has 124 valence electrons. The molecule has 0 saturated carbocycles. The molecule has 3 rings (SSSR count). The van der Waals surface area contributed by atoms with Gasteiger partial charge in [0.1, 0.15) is 0 Å². The maximum atomic E-state index is 12.0. The van der Waals surface area contributed by atoms with Crippen LogP contribution in [0, 0.1) is 0 Å². The molecular formula is C18H24N2OS2. The van der Waals surface area contributed by atoms with Crippen molar-refractivity contribution in [3.05, 3.63) is 44.3 Å². The summed E-state index contributed by atoms with van der Waals surface area (Å²) in [6.07, 6.45) is 3.71. The molecule has 1 atom stereocenters. The summed E-state index contributed by atoms with van der Waals surface area (Å²) in [7, 11) is 0. The van der Waals surface area contributed by atoms with Crippen LogP contribution in [0.25, 0.3) is 0 Å². The lowest BCUT2D eigenvalue weighted by Crippen LogP contribution is -2.44. The van der Waals surface area contributed by atoms with Crippen LogP contribution in [0.3, 0.4) is 0 Å². The minimum absolute atomic E-state index is 0.182. The van der Waals surface area contributed by atoms with Crippen molar-refractivity contribution >= 4 is 28.6 Å². The second kappa shape index (κ2) is 8.08. The van der Waals surface area contributed by atoms with Gasteiger partial charge in [-0.25, -0.2) is 0 Å². The highest BCUT2D eigenvalue weighted by molar-refractivity contribution is 7.10. The van der Waals surface area contributed by atoms with Crippen molar-refractivity contribution in [2.45, 2.75) is 45.2 Å². The highest BCUT2D eigenvalue weighted by atomic mass is 32.1. The van der Waals surface area contributed by atoms with Gasteiger partial charge in [0, 0.05) is 41.9 Å². The summed E-state index contributed by atoms with van der Waals surface area (Å²) in [5.41, 5.74) is 1.47. The minimum atomic E-state index is 0.182. The van der Waals surface area contributed by atoms with Gasteiger partial charge in [-0.2, -0.15) is 0 Å². The van der Waals surface area contributed by atoms with Gasteiger partial charge in [-0.3, -0.25) is 9.69 Å². The summed E-state index contributed by atoms with van der Waals surface area (Å²) >= 11 is 3.64. The lowest BCUT2D eigenvalue weighted by atomic mass is 10.1. The average Bonchev–Trinajstić information content (AvgIpc) is 3.23. The van der Waals surface area contributed by atoms with E-state index in [1.165, 1.54) is 15.3 Å². The molecule has 0 spiro atoms. The molecule has 2 aromatic heterocycles. The van der Waals surface area contributed by atoms with E-state index in [1.807, 2.05) is 11.3 Å². The Morgan fingerprint density at radius 2 is 2.26 bits per heavy atom. The monoisotopic (exact) mass is 348 g/mol. The van der Waals surface area contributed by atoms with Crippen LogP contribution in [0.4, 0.5) is 0 Å². The number of aryl methyl sites for hydroxylation is 1. The van der Waals surface area contributed by atoms with Crippen LogP contribution >= 0.6 is 22.7 Å². The molecule has 3 heterocycles. The van der Waals surface area contributed by atoms with Crippen LogP contribution in [-0.4, -0.2) is 29.9 Å². The quantitative estimate of drug-likeness (QED) is 0.827. The maximum absolute atomic E-state index is 12.0. The van der Waals surface area contributed by atoms with E-state index >= 15 is 0 Å². The lowest BCUT2D eigenvalue weighted by molar-refractivity contribution is -0.121. The fraction of sp³-hybridized carbons (Fsp3) is 0.500. The molecule has 1 aliphatic rings. The summed E-state index contributed by atoms with van der Waals surface area (Å²) in [6.45, 7) is 5.08. The first-order chi connectivity index (χ1) is 11.2. The molecule has 5 heteroatoms. The summed E-state index contributed by atoms with van der Waals surface area (Å²) in [5.74, 6) is 0.182. The van der Waals surface area contributed by atoms with E-state index < -0.39 is 0 Å². The van der Waals surface area contributed by atoms with Crippen LogP contribution in [-0.2, 0) is 24.2 Å². The van der Waals surface area contributed by atoms with E-state index in [2.05, 4.69) is 46.1 Å². The van der Waals surface area contributed by atoms with E-state index in [-0.39, 0.29) is 5.91 Å². The van der Waals surface area contributed by atoms with Gasteiger partial charge in [0.25, 0.3) is 0 Å². The van der Waals surface area contributed by atoms with Gasteiger partial charge >= 0.3 is 0 Å². The zero-order valence-electron chi connectivity index (χ0n) is 13.6. The largest absolute Gasteiger partial charge is 0.355 e. The molecule has 1 N–H and O–H groups in total. The lowest BCUT2D eigenvalue weighted by Gasteiger charge is -2.32. The Balaban J connectivity index is 1.35. The van der Waals surface area contributed by atoms with Crippen LogP contribution in [0.15, 0.2) is 29.0 Å². The van der Waals surface area contributed by atoms with Crippen molar-refractivity contribution in [1.82, 2.24) is 10.2 Å². The molecule has 0 radical (unpaired) electrons. The van der Waals surface area contributed by atoms with Crippen molar-refractivity contribution in [3.8, 4) is 0 Å². The number of thiophene rings is 2. The zero-order valence-corrected chi connectivity index (χ0v) is 15.2. The average molecular weight is 349 g/mol. The Morgan fingerprint density at radius 3 is 3.09 bits per heavy atom. The van der Waals surface area contributed by atoms with E-state index in [0.29, 0.717) is 12.5 Å². The molecule has 1 unspecified atom stereocenters. The number of amides is 1. The van der Waals surface area contributed by atoms with Crippen molar-refractivity contribution < 1.29 is 4.79 Å². The first-order valence-electron chi connectivity index (χ1n) is 8.31. The molecule has 0 fully saturated rings. The van der Waals surface area contributed by atoms with Gasteiger partial charge in [0.15, 0.2) is 0 Å². The Morgan fingerprint density at radius 1 is 1.35 bits per heavy atom. The van der Waals surface area contributed by atoms with E-state index in [0.717, 1.165) is 38.9 Å². The number of carbonyl (C=O) groups is 1. The van der Waals surface area contributed by atoms with Gasteiger partial charge in [0.05, 0.1) is 0 Å². The first-order valence-corrected chi connectivity index (χ1v) is 10.1. The number of hydrogen-bond acceptors (Lipinski definition) is 4. The maximum Gasteiger partial charge on any atom is 0.220 e. The number of fused-ring (bicyclic) bond motifs is 1. The third kappa shape index (κ3) is 4.66. The Bertz CT molecular complexity index is 621. The molecule has 0 bridgehead atoms. The number of rotatable bonds is 7. The van der Waals surface area contributed by atoms with E-state index in [9.17, 15) is 4.79 Å². The van der Waals surface area contributed by atoms with E-state index in [4.69, 9.17) is 0 Å². The molecule has 0 aliphatic carbocycles. The summed E-state index contributed by atoms with van der Waals surface area (Å²) in [6, 6.07) is 6.84. The molecule has 0 saturated heterocycles. The van der Waals surface area contributed by atoms with E-state index in [1.54, 1.807) is 11.3 Å². The van der Waals surface area contributed by atoms with Crippen molar-refractivity contribution in [3.63, 3.8) is 0 Å². The SMILES string of the molecule is CC(CNC(=O)CCCc1cccs1)N1CCc2sccc2C1. The highest BCUT2D eigenvalue weighted by Crippen LogP contribution is 2.24. The van der Waals surface area contributed by atoms with Gasteiger partial charge < -0.3 is 5.32 Å². The summed E-state index contributed by atoms with van der Waals surface area (Å²) in [4.78, 5) is 17.4. The highest BCUT2D eigenvalue weighted by Gasteiger charge is 2.21. The predicted molar refractivity (Wildman–Crippen MR) is 98.2 cm³/mol. The van der Waals surface area contributed by atoms with Crippen molar-refractivity contribution in [1.29, 1.82) is 0 Å². The third-order valence-electron chi connectivity index (χ3n) is 4.46. The Kier molecular flexibility index (Phi) is 5.86. The predicted octanol–water partition coefficient (Wildman–Crippen LogP) is 3.70. The normalized spacial score (nSPS) is 16.0. The number of nitrogens with zero attached hydrogens (tertiary/aromatic N) is 1. The standard InChI is InChI=1S/C18H24N2OS2/c1-14(20-9-7-17-15(13-20)8-11-23-17)12-19-18(21)6-2-4-16-5-3-10-22-16/h3,5,8,10-11,14H,2,4,6-7,9,12-13H2,1H3,(H,19,21). The molecule has 3 nitrogen and oxygen atoms in total.